The zero-order chi connectivity index (χ0) is 14.8. The predicted octanol–water partition coefficient (Wildman–Crippen LogP) is 3.34. The van der Waals surface area contributed by atoms with Crippen LogP contribution in [0.1, 0.15) is 11.1 Å². The van der Waals surface area contributed by atoms with Gasteiger partial charge >= 0.3 is 6.18 Å². The lowest BCUT2D eigenvalue weighted by atomic mass is 10.1. The lowest BCUT2D eigenvalue weighted by molar-refractivity contribution is -0.137. The van der Waals surface area contributed by atoms with E-state index < -0.39 is 11.7 Å². The monoisotopic (exact) mass is 302 g/mol. The van der Waals surface area contributed by atoms with Crippen molar-refractivity contribution in [2.45, 2.75) is 12.7 Å². The topological polar surface area (TPSA) is 63.8 Å². The molecule has 0 saturated carbocycles. The van der Waals surface area contributed by atoms with Crippen molar-refractivity contribution in [3.05, 3.63) is 46.6 Å². The smallest absolute Gasteiger partial charge is 0.368 e. The van der Waals surface area contributed by atoms with Crippen molar-refractivity contribution in [2.75, 3.05) is 11.1 Å². The molecule has 1 aromatic heterocycles. The van der Waals surface area contributed by atoms with Crippen LogP contribution in [0.25, 0.3) is 0 Å². The zero-order valence-corrected chi connectivity index (χ0v) is 10.8. The Morgan fingerprint density at radius 3 is 2.75 bits per heavy atom. The molecular weight excluding hydrogens is 293 g/mol. The molecule has 1 heterocycles. The van der Waals surface area contributed by atoms with Gasteiger partial charge in [-0.1, -0.05) is 23.7 Å². The molecule has 0 spiro atoms. The van der Waals surface area contributed by atoms with Crippen LogP contribution in [0.15, 0.2) is 30.5 Å². The first kappa shape index (κ1) is 14.4. The van der Waals surface area contributed by atoms with Crippen LogP contribution >= 0.6 is 11.6 Å². The molecule has 0 bridgehead atoms. The summed E-state index contributed by atoms with van der Waals surface area (Å²) < 4.78 is 37.7. The van der Waals surface area contributed by atoms with Gasteiger partial charge in [0.05, 0.1) is 11.8 Å². The van der Waals surface area contributed by atoms with E-state index >= 15 is 0 Å². The first-order valence-corrected chi connectivity index (χ1v) is 5.92. The van der Waals surface area contributed by atoms with Gasteiger partial charge in [-0.25, -0.2) is 4.98 Å². The van der Waals surface area contributed by atoms with Gasteiger partial charge in [0.15, 0.2) is 5.82 Å². The second-order valence-corrected chi connectivity index (χ2v) is 4.38. The van der Waals surface area contributed by atoms with E-state index in [1.807, 2.05) is 0 Å². The molecule has 0 aliphatic rings. The molecular formula is C12H10ClF3N4. The fourth-order valence-electron chi connectivity index (χ4n) is 1.55. The Labute approximate surface area is 117 Å². The second-order valence-electron chi connectivity index (χ2n) is 3.98. The van der Waals surface area contributed by atoms with Crippen molar-refractivity contribution in [2.24, 2.45) is 0 Å². The number of benzene rings is 1. The maximum Gasteiger partial charge on any atom is 0.416 e. The summed E-state index contributed by atoms with van der Waals surface area (Å²) in [4.78, 5) is 7.55. The number of rotatable bonds is 3. The minimum absolute atomic E-state index is 0.0287. The molecule has 106 valence electrons. The Balaban J connectivity index is 2.13. The van der Waals surface area contributed by atoms with Crippen LogP contribution in [-0.2, 0) is 12.7 Å². The van der Waals surface area contributed by atoms with E-state index in [2.05, 4.69) is 15.3 Å². The number of nitrogens with zero attached hydrogens (tertiary/aromatic N) is 2. The van der Waals surface area contributed by atoms with Crippen molar-refractivity contribution < 1.29 is 13.2 Å². The summed E-state index contributed by atoms with van der Waals surface area (Å²) in [5.41, 5.74) is 5.16. The van der Waals surface area contributed by atoms with E-state index in [-0.39, 0.29) is 23.3 Å². The van der Waals surface area contributed by atoms with Crippen molar-refractivity contribution in [1.29, 1.82) is 0 Å². The van der Waals surface area contributed by atoms with Crippen LogP contribution < -0.4 is 11.1 Å². The summed E-state index contributed by atoms with van der Waals surface area (Å²) >= 11 is 5.84. The van der Waals surface area contributed by atoms with Gasteiger partial charge in [0.1, 0.15) is 5.02 Å². The molecule has 0 saturated heterocycles. The Hall–Kier alpha value is -2.02. The Morgan fingerprint density at radius 2 is 2.05 bits per heavy atom. The lowest BCUT2D eigenvalue weighted by Gasteiger charge is -2.10. The molecule has 0 aliphatic heterocycles. The number of nitrogens with two attached hydrogens (primary N) is 1. The summed E-state index contributed by atoms with van der Waals surface area (Å²) in [7, 11) is 0. The van der Waals surface area contributed by atoms with Crippen LogP contribution in [0, 0.1) is 0 Å². The van der Waals surface area contributed by atoms with Gasteiger partial charge in [0.25, 0.3) is 0 Å². The SMILES string of the molecule is Nc1ncc(Cl)c(NCc2cccc(C(F)(F)F)c2)n1. The molecule has 1 aromatic carbocycles. The highest BCUT2D eigenvalue weighted by atomic mass is 35.5. The van der Waals surface area contributed by atoms with Crippen molar-refractivity contribution >= 4 is 23.4 Å². The maximum atomic E-state index is 12.6. The Kier molecular flexibility index (Phi) is 3.99. The predicted molar refractivity (Wildman–Crippen MR) is 70.2 cm³/mol. The van der Waals surface area contributed by atoms with E-state index in [4.69, 9.17) is 17.3 Å². The highest BCUT2D eigenvalue weighted by molar-refractivity contribution is 6.32. The lowest BCUT2D eigenvalue weighted by Crippen LogP contribution is -2.08. The van der Waals surface area contributed by atoms with Gasteiger partial charge in [-0.05, 0) is 17.7 Å². The molecule has 0 unspecified atom stereocenters. The number of hydrogen-bond acceptors (Lipinski definition) is 4. The standard InChI is InChI=1S/C12H10ClF3N4/c13-9-6-19-11(17)20-10(9)18-5-7-2-1-3-8(4-7)12(14,15)16/h1-4,6H,5H2,(H3,17,18,19,20). The summed E-state index contributed by atoms with van der Waals surface area (Å²) in [5, 5.41) is 3.06. The number of anilines is 2. The second kappa shape index (κ2) is 5.54. The third kappa shape index (κ3) is 3.51. The van der Waals surface area contributed by atoms with Gasteiger partial charge < -0.3 is 11.1 Å². The third-order valence-electron chi connectivity index (χ3n) is 2.48. The fraction of sp³-hybridized carbons (Fsp3) is 0.167. The largest absolute Gasteiger partial charge is 0.416 e. The molecule has 0 aliphatic carbocycles. The minimum atomic E-state index is -4.37. The molecule has 0 atom stereocenters. The fourth-order valence-corrected chi connectivity index (χ4v) is 1.71. The van der Waals surface area contributed by atoms with Crippen LogP contribution in [-0.4, -0.2) is 9.97 Å². The van der Waals surface area contributed by atoms with Crippen molar-refractivity contribution in [1.82, 2.24) is 9.97 Å². The van der Waals surface area contributed by atoms with Gasteiger partial charge in [-0.2, -0.15) is 18.2 Å². The molecule has 20 heavy (non-hydrogen) atoms. The highest BCUT2D eigenvalue weighted by Crippen LogP contribution is 2.29. The number of aromatic nitrogens is 2. The normalized spacial score (nSPS) is 11.4. The van der Waals surface area contributed by atoms with E-state index in [0.717, 1.165) is 12.1 Å². The first-order valence-electron chi connectivity index (χ1n) is 5.54. The average Bonchev–Trinajstić information content (AvgIpc) is 2.39. The van der Waals surface area contributed by atoms with Crippen molar-refractivity contribution in [3.63, 3.8) is 0 Å². The Morgan fingerprint density at radius 1 is 1.30 bits per heavy atom. The van der Waals surface area contributed by atoms with Gasteiger partial charge in [0, 0.05) is 6.54 Å². The van der Waals surface area contributed by atoms with Gasteiger partial charge in [0.2, 0.25) is 5.95 Å². The summed E-state index contributed by atoms with van der Waals surface area (Å²) in [5.74, 6) is 0.303. The molecule has 0 radical (unpaired) electrons. The first-order chi connectivity index (χ1) is 9.36. The number of alkyl halides is 3. The number of nitrogen functional groups attached to an aromatic ring is 1. The van der Waals surface area contributed by atoms with E-state index in [1.165, 1.54) is 12.3 Å². The molecule has 2 rings (SSSR count). The minimum Gasteiger partial charge on any atom is -0.368 e. The molecule has 0 amide bonds. The third-order valence-corrected chi connectivity index (χ3v) is 2.75. The number of halogens is 4. The summed E-state index contributed by atoms with van der Waals surface area (Å²) in [6.45, 7) is 0.139. The van der Waals surface area contributed by atoms with Crippen molar-refractivity contribution in [3.8, 4) is 0 Å². The van der Waals surface area contributed by atoms with E-state index in [9.17, 15) is 13.2 Å². The maximum absolute atomic E-state index is 12.6. The number of nitrogens with one attached hydrogen (secondary N) is 1. The number of hydrogen-bond donors (Lipinski definition) is 2. The van der Waals surface area contributed by atoms with Gasteiger partial charge in [-0.15, -0.1) is 0 Å². The van der Waals surface area contributed by atoms with Crippen LogP contribution in [0.3, 0.4) is 0 Å². The highest BCUT2D eigenvalue weighted by Gasteiger charge is 2.30. The molecule has 4 nitrogen and oxygen atoms in total. The Bertz CT molecular complexity index is 616. The summed E-state index contributed by atoms with van der Waals surface area (Å²) in [6.07, 6.45) is -3.05. The van der Waals surface area contributed by atoms with Crippen LogP contribution in [0.5, 0.6) is 0 Å². The van der Waals surface area contributed by atoms with Gasteiger partial charge in [-0.3, -0.25) is 0 Å². The van der Waals surface area contributed by atoms with Crippen LogP contribution in [0.4, 0.5) is 24.9 Å². The van der Waals surface area contributed by atoms with E-state index in [1.54, 1.807) is 6.07 Å². The molecule has 2 aromatic rings. The zero-order valence-electron chi connectivity index (χ0n) is 10.1. The average molecular weight is 303 g/mol. The quantitative estimate of drug-likeness (QED) is 0.912. The molecule has 8 heteroatoms. The summed E-state index contributed by atoms with van der Waals surface area (Å²) in [6, 6.07) is 4.99. The molecule has 3 N–H and O–H groups in total. The van der Waals surface area contributed by atoms with Crippen LogP contribution in [0.2, 0.25) is 5.02 Å². The molecule has 0 fully saturated rings. The van der Waals surface area contributed by atoms with E-state index in [0.29, 0.717) is 5.56 Å².